The lowest BCUT2D eigenvalue weighted by atomic mass is 10.1. The number of halogens is 4. The Morgan fingerprint density at radius 1 is 1.24 bits per heavy atom. The van der Waals surface area contributed by atoms with E-state index < -0.39 is 11.7 Å². The second-order valence-electron chi connectivity index (χ2n) is 4.14. The van der Waals surface area contributed by atoms with Crippen LogP contribution >= 0.6 is 39.1 Å². The van der Waals surface area contributed by atoms with E-state index in [0.717, 1.165) is 6.07 Å². The van der Waals surface area contributed by atoms with Gasteiger partial charge in [0.1, 0.15) is 5.82 Å². The summed E-state index contributed by atoms with van der Waals surface area (Å²) in [5.74, 6) is -0.903. The molecule has 0 aliphatic carbocycles. The van der Waals surface area contributed by atoms with E-state index in [1.165, 1.54) is 12.1 Å². The maximum absolute atomic E-state index is 13.2. The molecule has 0 spiro atoms. The number of rotatable bonds is 3. The lowest BCUT2D eigenvalue weighted by molar-refractivity contribution is 0.102. The third-order valence-corrected chi connectivity index (χ3v) is 3.90. The van der Waals surface area contributed by atoms with Crippen LogP contribution < -0.4 is 10.6 Å². The van der Waals surface area contributed by atoms with Crippen LogP contribution in [-0.2, 0) is 0 Å². The minimum Gasteiger partial charge on any atom is -0.387 e. The second-order valence-corrected chi connectivity index (χ2v) is 5.84. The van der Waals surface area contributed by atoms with Gasteiger partial charge in [0.15, 0.2) is 0 Å². The standard InChI is InChI=1S/C14H10BrCl2FN2O/c1-19-12-3-2-7(16)4-9(12)14(21)20-13-10(15)5-8(18)6-11(13)17/h2-6,19H,1H3,(H,20,21). The van der Waals surface area contributed by atoms with E-state index in [2.05, 4.69) is 26.6 Å². The summed E-state index contributed by atoms with van der Waals surface area (Å²) < 4.78 is 13.5. The van der Waals surface area contributed by atoms with Crippen molar-refractivity contribution < 1.29 is 9.18 Å². The second kappa shape index (κ2) is 6.64. The van der Waals surface area contributed by atoms with Crippen molar-refractivity contribution in [2.75, 3.05) is 17.7 Å². The Bertz CT molecular complexity index is 686. The van der Waals surface area contributed by atoms with Crippen LogP contribution in [0.15, 0.2) is 34.8 Å². The zero-order chi connectivity index (χ0) is 15.6. The molecule has 2 rings (SSSR count). The predicted octanol–water partition coefficient (Wildman–Crippen LogP) is 5.19. The van der Waals surface area contributed by atoms with Crippen LogP contribution in [0.25, 0.3) is 0 Å². The molecule has 0 heterocycles. The van der Waals surface area contributed by atoms with Crippen LogP contribution in [0, 0.1) is 5.82 Å². The fourth-order valence-electron chi connectivity index (χ4n) is 1.76. The fourth-order valence-corrected chi connectivity index (χ4v) is 2.84. The molecule has 2 aromatic carbocycles. The van der Waals surface area contributed by atoms with Crippen LogP contribution in [0.4, 0.5) is 15.8 Å². The topological polar surface area (TPSA) is 41.1 Å². The third kappa shape index (κ3) is 3.67. The van der Waals surface area contributed by atoms with E-state index in [9.17, 15) is 9.18 Å². The minimum absolute atomic E-state index is 0.100. The van der Waals surface area contributed by atoms with Gasteiger partial charge in [-0.2, -0.15) is 0 Å². The van der Waals surface area contributed by atoms with Crippen LogP contribution in [0.5, 0.6) is 0 Å². The monoisotopic (exact) mass is 390 g/mol. The first-order valence-electron chi connectivity index (χ1n) is 5.85. The van der Waals surface area contributed by atoms with Gasteiger partial charge in [0.2, 0.25) is 0 Å². The maximum Gasteiger partial charge on any atom is 0.257 e. The minimum atomic E-state index is -0.497. The predicted molar refractivity (Wildman–Crippen MR) is 88.1 cm³/mol. The Morgan fingerprint density at radius 2 is 1.95 bits per heavy atom. The van der Waals surface area contributed by atoms with Crippen molar-refractivity contribution in [2.45, 2.75) is 0 Å². The first kappa shape index (κ1) is 16.1. The quantitative estimate of drug-likeness (QED) is 0.755. The molecule has 0 aromatic heterocycles. The smallest absolute Gasteiger partial charge is 0.257 e. The van der Waals surface area contributed by atoms with Crippen LogP contribution in [-0.4, -0.2) is 13.0 Å². The summed E-state index contributed by atoms with van der Waals surface area (Å²) in [5, 5.41) is 6.08. The highest BCUT2D eigenvalue weighted by Crippen LogP contribution is 2.32. The van der Waals surface area contributed by atoms with Gasteiger partial charge in [0.25, 0.3) is 5.91 Å². The average Bonchev–Trinajstić information content (AvgIpc) is 2.42. The Labute approximate surface area is 139 Å². The summed E-state index contributed by atoms with van der Waals surface area (Å²) in [5.41, 5.74) is 1.27. The van der Waals surface area contributed by atoms with E-state index >= 15 is 0 Å². The van der Waals surface area contributed by atoms with Gasteiger partial charge in [-0.25, -0.2) is 4.39 Å². The number of hydrogen-bond acceptors (Lipinski definition) is 2. The van der Waals surface area contributed by atoms with E-state index in [4.69, 9.17) is 23.2 Å². The van der Waals surface area contributed by atoms with Crippen LogP contribution in [0.2, 0.25) is 10.0 Å². The van der Waals surface area contributed by atoms with Crippen molar-refractivity contribution in [2.24, 2.45) is 0 Å². The van der Waals surface area contributed by atoms with E-state index in [-0.39, 0.29) is 5.02 Å². The Balaban J connectivity index is 2.37. The number of amides is 1. The summed E-state index contributed by atoms with van der Waals surface area (Å²) in [6.45, 7) is 0. The first-order valence-corrected chi connectivity index (χ1v) is 7.40. The van der Waals surface area contributed by atoms with E-state index in [0.29, 0.717) is 26.4 Å². The van der Waals surface area contributed by atoms with Gasteiger partial charge in [0.05, 0.1) is 16.3 Å². The summed E-state index contributed by atoms with van der Waals surface area (Å²) in [4.78, 5) is 12.4. The number of carbonyl (C=O) groups excluding carboxylic acids is 1. The van der Waals surface area contributed by atoms with Gasteiger partial charge in [-0.3, -0.25) is 4.79 Å². The van der Waals surface area contributed by atoms with E-state index in [1.54, 1.807) is 19.2 Å². The molecular weight excluding hydrogens is 382 g/mol. The number of nitrogens with one attached hydrogen (secondary N) is 2. The summed E-state index contributed by atoms with van der Waals surface area (Å²) >= 11 is 15.0. The largest absolute Gasteiger partial charge is 0.387 e. The normalized spacial score (nSPS) is 10.3. The van der Waals surface area contributed by atoms with Crippen molar-refractivity contribution in [3.63, 3.8) is 0 Å². The van der Waals surface area contributed by atoms with Crippen molar-refractivity contribution in [3.8, 4) is 0 Å². The summed E-state index contributed by atoms with van der Waals surface area (Å²) in [7, 11) is 1.70. The molecule has 1 amide bonds. The molecule has 0 unspecified atom stereocenters. The molecule has 0 saturated carbocycles. The summed E-state index contributed by atoms with van der Waals surface area (Å²) in [6, 6.07) is 7.24. The highest BCUT2D eigenvalue weighted by atomic mass is 79.9. The van der Waals surface area contributed by atoms with Gasteiger partial charge in [0, 0.05) is 22.2 Å². The Morgan fingerprint density at radius 3 is 2.57 bits per heavy atom. The Hall–Kier alpha value is -1.30. The molecule has 110 valence electrons. The van der Waals surface area contributed by atoms with Gasteiger partial charge >= 0.3 is 0 Å². The molecule has 2 aromatic rings. The number of benzene rings is 2. The third-order valence-electron chi connectivity index (χ3n) is 2.74. The lowest BCUT2D eigenvalue weighted by Crippen LogP contribution is -2.14. The molecule has 7 heteroatoms. The highest BCUT2D eigenvalue weighted by molar-refractivity contribution is 9.10. The molecule has 0 aliphatic rings. The van der Waals surface area contributed by atoms with Crippen LogP contribution in [0.3, 0.4) is 0 Å². The number of hydrogen-bond donors (Lipinski definition) is 2. The van der Waals surface area contributed by atoms with Gasteiger partial charge in [-0.05, 0) is 46.3 Å². The molecule has 0 atom stereocenters. The van der Waals surface area contributed by atoms with Gasteiger partial charge in [-0.1, -0.05) is 23.2 Å². The molecule has 21 heavy (non-hydrogen) atoms. The van der Waals surface area contributed by atoms with Crippen molar-refractivity contribution >= 4 is 56.4 Å². The molecule has 0 aliphatic heterocycles. The molecular formula is C14H10BrCl2FN2O. The number of anilines is 2. The maximum atomic E-state index is 13.2. The van der Waals surface area contributed by atoms with Crippen molar-refractivity contribution in [1.82, 2.24) is 0 Å². The Kier molecular flexibility index (Phi) is 5.08. The van der Waals surface area contributed by atoms with Crippen LogP contribution in [0.1, 0.15) is 10.4 Å². The van der Waals surface area contributed by atoms with Gasteiger partial charge < -0.3 is 10.6 Å². The molecule has 0 radical (unpaired) electrons. The molecule has 3 nitrogen and oxygen atoms in total. The molecule has 0 fully saturated rings. The molecule has 2 N–H and O–H groups in total. The first-order chi connectivity index (χ1) is 9.92. The zero-order valence-corrected chi connectivity index (χ0v) is 13.9. The van der Waals surface area contributed by atoms with Gasteiger partial charge in [-0.15, -0.1) is 0 Å². The number of carbonyl (C=O) groups is 1. The highest BCUT2D eigenvalue weighted by Gasteiger charge is 2.16. The molecule has 0 bridgehead atoms. The zero-order valence-electron chi connectivity index (χ0n) is 10.8. The van der Waals surface area contributed by atoms with Crippen molar-refractivity contribution in [3.05, 3.63) is 56.2 Å². The fraction of sp³-hybridized carbons (Fsp3) is 0.0714. The lowest BCUT2D eigenvalue weighted by Gasteiger charge is -2.12. The average molecular weight is 392 g/mol. The summed E-state index contributed by atoms with van der Waals surface area (Å²) in [6.07, 6.45) is 0. The molecule has 0 saturated heterocycles. The van der Waals surface area contributed by atoms with E-state index in [1.807, 2.05) is 0 Å². The van der Waals surface area contributed by atoms with Crippen molar-refractivity contribution in [1.29, 1.82) is 0 Å². The SMILES string of the molecule is CNc1ccc(Cl)cc1C(=O)Nc1c(Cl)cc(F)cc1Br.